The second-order valence-electron chi connectivity index (χ2n) is 12.3. The summed E-state index contributed by atoms with van der Waals surface area (Å²) in [6, 6.07) is 38.8. The number of carbonyl (C=O) groups is 3. The fraction of sp³-hybridized carbons (Fsp3) is 0.125. The lowest BCUT2D eigenvalue weighted by Gasteiger charge is -2.39. The van der Waals surface area contributed by atoms with E-state index in [1.54, 1.807) is 42.5 Å². The summed E-state index contributed by atoms with van der Waals surface area (Å²) in [5, 5.41) is 1.38. The molecule has 230 valence electrons. The minimum atomic E-state index is -1.53. The monoisotopic (exact) mass is 673 g/mol. The van der Waals surface area contributed by atoms with Crippen molar-refractivity contribution in [2.75, 3.05) is 4.90 Å². The van der Waals surface area contributed by atoms with Gasteiger partial charge >= 0.3 is 0 Å². The Labute approximate surface area is 287 Å². The molecule has 8 rings (SSSR count). The van der Waals surface area contributed by atoms with E-state index >= 15 is 14.4 Å². The average molecular weight is 675 g/mol. The zero-order valence-corrected chi connectivity index (χ0v) is 27.4. The summed E-state index contributed by atoms with van der Waals surface area (Å²) in [6.45, 7) is 1.84. The van der Waals surface area contributed by atoms with Crippen molar-refractivity contribution in [3.8, 4) is 0 Å². The number of anilines is 1. The summed E-state index contributed by atoms with van der Waals surface area (Å²) in [7, 11) is 0. The van der Waals surface area contributed by atoms with Crippen LogP contribution in [0.3, 0.4) is 0 Å². The van der Waals surface area contributed by atoms with Crippen LogP contribution in [0.2, 0.25) is 15.1 Å². The largest absolute Gasteiger partial charge is 0.297 e. The van der Waals surface area contributed by atoms with Crippen molar-refractivity contribution in [2.45, 2.75) is 17.8 Å². The normalized spacial score (nSPS) is 24.8. The van der Waals surface area contributed by atoms with Gasteiger partial charge in [-0.2, -0.15) is 0 Å². The Morgan fingerprint density at radius 3 is 1.36 bits per heavy atom. The third-order valence-electron chi connectivity index (χ3n) is 10.1. The Hall–Kier alpha value is -4.48. The summed E-state index contributed by atoms with van der Waals surface area (Å²) < 4.78 is 0. The zero-order chi connectivity index (χ0) is 32.7. The maximum atomic E-state index is 16.0. The number of aryl methyl sites for hydroxylation is 1. The number of ketones is 1. The van der Waals surface area contributed by atoms with Crippen LogP contribution in [0.1, 0.15) is 27.8 Å². The number of fused-ring (bicyclic) bond motifs is 5. The molecule has 5 aromatic carbocycles. The van der Waals surface area contributed by atoms with E-state index in [-0.39, 0.29) is 5.78 Å². The van der Waals surface area contributed by atoms with Gasteiger partial charge in [0.2, 0.25) is 11.8 Å². The Morgan fingerprint density at radius 2 is 0.936 bits per heavy atom. The lowest BCUT2D eigenvalue weighted by Crippen LogP contribution is -2.45. The van der Waals surface area contributed by atoms with E-state index in [4.69, 9.17) is 34.8 Å². The molecule has 4 atom stereocenters. The van der Waals surface area contributed by atoms with E-state index < -0.39 is 34.5 Å². The second kappa shape index (κ2) is 10.8. The van der Waals surface area contributed by atoms with E-state index in [0.29, 0.717) is 43.0 Å². The van der Waals surface area contributed by atoms with Crippen molar-refractivity contribution in [1.29, 1.82) is 0 Å². The molecule has 2 amide bonds. The quantitative estimate of drug-likeness (QED) is 0.175. The second-order valence-corrected chi connectivity index (χ2v) is 13.6. The Balaban J connectivity index is 1.56. The lowest BCUT2D eigenvalue weighted by molar-refractivity contribution is -0.130. The number of carbonyl (C=O) groups excluding carboxylic acids is 3. The Kier molecular flexibility index (Phi) is 6.86. The molecule has 1 heterocycles. The molecule has 0 radical (unpaired) electrons. The Morgan fingerprint density at radius 1 is 0.532 bits per heavy atom. The molecule has 0 aromatic heterocycles. The van der Waals surface area contributed by atoms with E-state index in [1.807, 2.05) is 91.9 Å². The molecule has 2 fully saturated rings. The van der Waals surface area contributed by atoms with Gasteiger partial charge in [-0.05, 0) is 82.3 Å². The molecule has 1 aliphatic heterocycles. The van der Waals surface area contributed by atoms with Gasteiger partial charge < -0.3 is 0 Å². The minimum absolute atomic E-state index is 0.216. The van der Waals surface area contributed by atoms with Gasteiger partial charge in [0.15, 0.2) is 5.78 Å². The van der Waals surface area contributed by atoms with Crippen molar-refractivity contribution in [1.82, 2.24) is 0 Å². The molecule has 0 spiro atoms. The maximum Gasteiger partial charge on any atom is 0.239 e. The molecule has 4 nitrogen and oxygen atoms in total. The van der Waals surface area contributed by atoms with Gasteiger partial charge in [-0.25, -0.2) is 4.90 Å². The highest BCUT2D eigenvalue weighted by atomic mass is 35.5. The molecular weight excluding hydrogens is 649 g/mol. The zero-order valence-electron chi connectivity index (χ0n) is 25.1. The summed E-state index contributed by atoms with van der Waals surface area (Å²) >= 11 is 19.3. The van der Waals surface area contributed by atoms with Crippen LogP contribution in [-0.4, -0.2) is 17.6 Å². The number of imide groups is 1. The SMILES string of the molecule is Cc1ccc(Cl)cc1N1C(=O)[C@@H]2[C@@H](C1=O)[C@@]1(c3ccc(Cl)cc3)C(=O)[C@@]2(c2ccc(Cl)cc2)C(c2ccccc2)=C1c1ccccc1. The number of hydrogen-bond donors (Lipinski definition) is 0. The first kappa shape index (κ1) is 29.9. The molecular formula is C40H26Cl3NO3. The number of allylic oxidation sites excluding steroid dienone is 2. The van der Waals surface area contributed by atoms with Gasteiger partial charge in [0.25, 0.3) is 0 Å². The van der Waals surface area contributed by atoms with Gasteiger partial charge in [0.1, 0.15) is 0 Å². The van der Waals surface area contributed by atoms with Crippen LogP contribution in [0.25, 0.3) is 11.1 Å². The highest BCUT2D eigenvalue weighted by Crippen LogP contribution is 2.74. The molecule has 2 bridgehead atoms. The molecule has 2 aliphatic carbocycles. The molecule has 0 N–H and O–H groups in total. The van der Waals surface area contributed by atoms with E-state index in [2.05, 4.69) is 0 Å². The summed E-state index contributed by atoms with van der Waals surface area (Å²) in [4.78, 5) is 47.5. The molecule has 47 heavy (non-hydrogen) atoms. The number of rotatable bonds is 5. The highest BCUT2D eigenvalue weighted by Gasteiger charge is 2.82. The lowest BCUT2D eigenvalue weighted by atomic mass is 9.59. The standard InChI is InChI=1S/C40H26Cl3NO3/c1-23-12-17-30(43)22-31(23)44-36(45)34-35(37(44)46)40(27-15-20-29(42)21-16-27)33(25-10-6-3-7-11-25)32(24-8-4-2-5-9-24)39(34,38(40)47)26-13-18-28(41)19-14-26/h2-22,34-35H,1H3/t34-,35-,39-,40-/m0/s1. The summed E-state index contributed by atoms with van der Waals surface area (Å²) in [5.41, 5.74) is 2.27. The maximum absolute atomic E-state index is 16.0. The van der Waals surface area contributed by atoms with Gasteiger partial charge in [-0.15, -0.1) is 0 Å². The molecule has 1 saturated carbocycles. The average Bonchev–Trinajstić information content (AvgIpc) is 3.59. The van der Waals surface area contributed by atoms with Crippen LogP contribution in [0.15, 0.2) is 127 Å². The fourth-order valence-electron chi connectivity index (χ4n) is 8.42. The Bertz CT molecular complexity index is 2020. The minimum Gasteiger partial charge on any atom is -0.297 e. The molecule has 1 saturated heterocycles. The molecule has 3 aliphatic rings. The predicted octanol–water partition coefficient (Wildman–Crippen LogP) is 9.14. The van der Waals surface area contributed by atoms with Gasteiger partial charge in [-0.1, -0.05) is 126 Å². The van der Waals surface area contributed by atoms with Crippen molar-refractivity contribution in [2.24, 2.45) is 11.8 Å². The topological polar surface area (TPSA) is 54.5 Å². The van der Waals surface area contributed by atoms with Crippen molar-refractivity contribution >= 4 is 69.2 Å². The van der Waals surface area contributed by atoms with E-state index in [9.17, 15) is 0 Å². The number of halogens is 3. The number of amides is 2. The first-order valence-corrected chi connectivity index (χ1v) is 16.4. The molecule has 5 aromatic rings. The number of hydrogen-bond acceptors (Lipinski definition) is 3. The fourth-order valence-corrected chi connectivity index (χ4v) is 8.84. The smallest absolute Gasteiger partial charge is 0.239 e. The van der Waals surface area contributed by atoms with Crippen LogP contribution >= 0.6 is 34.8 Å². The first-order chi connectivity index (χ1) is 22.7. The first-order valence-electron chi connectivity index (χ1n) is 15.3. The number of Topliss-reactive ketones (excluding diaryl/α,β-unsaturated/α-hetero) is 1. The van der Waals surface area contributed by atoms with Crippen LogP contribution in [0, 0.1) is 18.8 Å². The summed E-state index contributed by atoms with van der Waals surface area (Å²) in [5.74, 6) is -3.21. The van der Waals surface area contributed by atoms with E-state index in [1.165, 1.54) is 4.90 Å². The number of benzene rings is 5. The van der Waals surface area contributed by atoms with Crippen LogP contribution in [-0.2, 0) is 25.2 Å². The van der Waals surface area contributed by atoms with Crippen molar-refractivity contribution in [3.05, 3.63) is 170 Å². The number of nitrogens with zero attached hydrogens (tertiary/aromatic N) is 1. The summed E-state index contributed by atoms with van der Waals surface area (Å²) in [6.07, 6.45) is 0. The van der Waals surface area contributed by atoms with Gasteiger partial charge in [0, 0.05) is 15.1 Å². The van der Waals surface area contributed by atoms with Crippen LogP contribution in [0.5, 0.6) is 0 Å². The van der Waals surface area contributed by atoms with Crippen molar-refractivity contribution in [3.63, 3.8) is 0 Å². The van der Waals surface area contributed by atoms with E-state index in [0.717, 1.165) is 16.7 Å². The third-order valence-corrected chi connectivity index (χ3v) is 10.9. The highest BCUT2D eigenvalue weighted by molar-refractivity contribution is 6.39. The predicted molar refractivity (Wildman–Crippen MR) is 187 cm³/mol. The van der Waals surface area contributed by atoms with Crippen LogP contribution in [0.4, 0.5) is 5.69 Å². The van der Waals surface area contributed by atoms with Crippen molar-refractivity contribution < 1.29 is 14.4 Å². The van der Waals surface area contributed by atoms with Crippen LogP contribution < -0.4 is 4.90 Å². The molecule has 7 heteroatoms. The molecule has 0 unspecified atom stereocenters. The van der Waals surface area contributed by atoms with Gasteiger partial charge in [0.05, 0.1) is 28.4 Å². The van der Waals surface area contributed by atoms with Gasteiger partial charge in [-0.3, -0.25) is 14.4 Å². The third kappa shape index (κ3) is 3.93.